The highest BCUT2D eigenvalue weighted by Crippen LogP contribution is 2.21. The Labute approximate surface area is 158 Å². The second-order valence-electron chi connectivity index (χ2n) is 6.80. The van der Waals surface area contributed by atoms with Gasteiger partial charge >= 0.3 is 5.69 Å². The Kier molecular flexibility index (Phi) is 5.69. The standard InChI is InChI=1S/C20H24N4O3/c1-3-4-5-17-19(26)23(2)10-11-24(17)18(25)15-8-6-14(7-9-15)16-12-21-20(27)22-13-16/h6-9,12-13,17H,3-5,10-11H2,1-2H3,(H,21,22,27). The molecule has 1 N–H and O–H groups in total. The van der Waals surface area contributed by atoms with Crippen molar-refractivity contribution in [1.29, 1.82) is 0 Å². The van der Waals surface area contributed by atoms with Crippen molar-refractivity contribution in [3.8, 4) is 11.1 Å². The van der Waals surface area contributed by atoms with Crippen LogP contribution in [0.3, 0.4) is 0 Å². The van der Waals surface area contributed by atoms with Crippen molar-refractivity contribution in [3.05, 3.63) is 52.7 Å². The number of hydrogen-bond acceptors (Lipinski definition) is 4. The van der Waals surface area contributed by atoms with E-state index >= 15 is 0 Å². The zero-order valence-corrected chi connectivity index (χ0v) is 15.6. The Bertz CT molecular complexity index is 855. The number of likely N-dealkylation sites (N-methyl/N-ethyl adjacent to an activating group) is 1. The number of carbonyl (C=O) groups excluding carboxylic acids is 2. The zero-order chi connectivity index (χ0) is 19.4. The van der Waals surface area contributed by atoms with Gasteiger partial charge in [0.2, 0.25) is 5.91 Å². The molecule has 7 heteroatoms. The van der Waals surface area contributed by atoms with E-state index in [1.54, 1.807) is 35.2 Å². The molecule has 0 bridgehead atoms. The number of unbranched alkanes of at least 4 members (excludes halogenated alkanes) is 1. The van der Waals surface area contributed by atoms with Gasteiger partial charge in [-0.15, -0.1) is 0 Å². The minimum Gasteiger partial charge on any atom is -0.342 e. The maximum absolute atomic E-state index is 13.0. The lowest BCUT2D eigenvalue weighted by molar-refractivity contribution is -0.138. The van der Waals surface area contributed by atoms with Gasteiger partial charge in [0.25, 0.3) is 5.91 Å². The van der Waals surface area contributed by atoms with Crippen LogP contribution in [0.25, 0.3) is 11.1 Å². The van der Waals surface area contributed by atoms with Crippen molar-refractivity contribution >= 4 is 11.8 Å². The topological polar surface area (TPSA) is 86.4 Å². The van der Waals surface area contributed by atoms with E-state index in [1.807, 2.05) is 12.1 Å². The lowest BCUT2D eigenvalue weighted by Gasteiger charge is -2.39. The summed E-state index contributed by atoms with van der Waals surface area (Å²) in [6.07, 6.45) is 5.66. The molecule has 0 saturated carbocycles. The number of carbonyl (C=O) groups is 2. The van der Waals surface area contributed by atoms with Crippen LogP contribution in [0.4, 0.5) is 0 Å². The lowest BCUT2D eigenvalue weighted by Crippen LogP contribution is -2.57. The third kappa shape index (κ3) is 4.07. The Morgan fingerprint density at radius 2 is 1.93 bits per heavy atom. The molecule has 1 aromatic heterocycles. The number of benzene rings is 1. The molecule has 0 radical (unpaired) electrons. The monoisotopic (exact) mass is 368 g/mol. The van der Waals surface area contributed by atoms with Gasteiger partial charge in [0.05, 0.1) is 0 Å². The second-order valence-corrected chi connectivity index (χ2v) is 6.80. The molecule has 2 aromatic rings. The highest BCUT2D eigenvalue weighted by Gasteiger charge is 2.35. The molecule has 7 nitrogen and oxygen atoms in total. The molecule has 0 aliphatic carbocycles. The maximum Gasteiger partial charge on any atom is 0.344 e. The fraction of sp³-hybridized carbons (Fsp3) is 0.400. The summed E-state index contributed by atoms with van der Waals surface area (Å²) in [5.74, 6) is -0.109. The summed E-state index contributed by atoms with van der Waals surface area (Å²) in [7, 11) is 1.79. The van der Waals surface area contributed by atoms with E-state index in [2.05, 4.69) is 16.9 Å². The van der Waals surface area contributed by atoms with E-state index in [0.29, 0.717) is 25.1 Å². The third-order valence-electron chi connectivity index (χ3n) is 4.94. The average molecular weight is 368 g/mol. The van der Waals surface area contributed by atoms with Crippen LogP contribution in [-0.2, 0) is 4.79 Å². The zero-order valence-electron chi connectivity index (χ0n) is 15.6. The van der Waals surface area contributed by atoms with Crippen LogP contribution in [-0.4, -0.2) is 57.8 Å². The van der Waals surface area contributed by atoms with Crippen molar-refractivity contribution in [2.75, 3.05) is 20.1 Å². The highest BCUT2D eigenvalue weighted by atomic mass is 16.2. The fourth-order valence-electron chi connectivity index (χ4n) is 3.30. The molecular formula is C20H24N4O3. The molecule has 1 aliphatic rings. The van der Waals surface area contributed by atoms with E-state index in [1.165, 1.54) is 6.20 Å². The van der Waals surface area contributed by atoms with Crippen LogP contribution < -0.4 is 5.69 Å². The molecule has 2 amide bonds. The molecular weight excluding hydrogens is 344 g/mol. The molecule has 2 heterocycles. The molecule has 0 spiro atoms. The van der Waals surface area contributed by atoms with Gasteiger partial charge in [0.15, 0.2) is 0 Å². The third-order valence-corrected chi connectivity index (χ3v) is 4.94. The quantitative estimate of drug-likeness (QED) is 0.873. The van der Waals surface area contributed by atoms with E-state index in [9.17, 15) is 14.4 Å². The Hall–Kier alpha value is -2.96. The second kappa shape index (κ2) is 8.16. The number of nitrogens with zero attached hydrogens (tertiary/aromatic N) is 3. The average Bonchev–Trinajstić information content (AvgIpc) is 2.69. The van der Waals surface area contributed by atoms with Crippen molar-refractivity contribution in [3.63, 3.8) is 0 Å². The number of aromatic amines is 1. The van der Waals surface area contributed by atoms with E-state index in [4.69, 9.17) is 0 Å². The molecule has 3 rings (SSSR count). The van der Waals surface area contributed by atoms with E-state index in [0.717, 1.165) is 24.0 Å². The maximum atomic E-state index is 13.0. The Morgan fingerprint density at radius 1 is 1.19 bits per heavy atom. The Morgan fingerprint density at radius 3 is 2.56 bits per heavy atom. The van der Waals surface area contributed by atoms with Gasteiger partial charge < -0.3 is 14.8 Å². The van der Waals surface area contributed by atoms with E-state index in [-0.39, 0.29) is 17.9 Å². The van der Waals surface area contributed by atoms with Crippen LogP contribution in [0.1, 0.15) is 36.5 Å². The van der Waals surface area contributed by atoms with Crippen LogP contribution >= 0.6 is 0 Å². The number of nitrogens with one attached hydrogen (secondary N) is 1. The first-order valence-electron chi connectivity index (χ1n) is 9.22. The van der Waals surface area contributed by atoms with Gasteiger partial charge in [-0.05, 0) is 24.1 Å². The summed E-state index contributed by atoms with van der Waals surface area (Å²) in [4.78, 5) is 46.3. The minimum absolute atomic E-state index is 0.0129. The molecule has 1 atom stereocenters. The van der Waals surface area contributed by atoms with Crippen LogP contribution in [0.2, 0.25) is 0 Å². The first-order valence-corrected chi connectivity index (χ1v) is 9.22. The van der Waals surface area contributed by atoms with Crippen molar-refractivity contribution in [2.45, 2.75) is 32.2 Å². The molecule has 1 aliphatic heterocycles. The Balaban J connectivity index is 1.80. The SMILES string of the molecule is CCCCC1C(=O)N(C)CCN1C(=O)c1ccc(-c2cnc(=O)[nH]c2)cc1. The van der Waals surface area contributed by atoms with Crippen molar-refractivity contribution in [2.24, 2.45) is 0 Å². The smallest absolute Gasteiger partial charge is 0.342 e. The summed E-state index contributed by atoms with van der Waals surface area (Å²) in [6, 6.07) is 6.76. The number of amides is 2. The number of hydrogen-bond donors (Lipinski definition) is 1. The van der Waals surface area contributed by atoms with Gasteiger partial charge in [-0.2, -0.15) is 0 Å². The number of aromatic nitrogens is 2. The summed E-state index contributed by atoms with van der Waals surface area (Å²) in [5, 5.41) is 0. The largest absolute Gasteiger partial charge is 0.344 e. The van der Waals surface area contributed by atoms with Gasteiger partial charge in [0.1, 0.15) is 6.04 Å². The molecule has 1 aromatic carbocycles. The predicted molar refractivity (Wildman–Crippen MR) is 102 cm³/mol. The van der Waals surface area contributed by atoms with Gasteiger partial charge in [-0.25, -0.2) is 9.78 Å². The number of H-pyrrole nitrogens is 1. The first kappa shape index (κ1) is 18.8. The van der Waals surface area contributed by atoms with Crippen molar-refractivity contribution in [1.82, 2.24) is 19.8 Å². The normalized spacial score (nSPS) is 17.3. The minimum atomic E-state index is -0.400. The molecule has 142 valence electrons. The lowest BCUT2D eigenvalue weighted by atomic mass is 10.0. The predicted octanol–water partition coefficient (Wildman–Crippen LogP) is 1.91. The van der Waals surface area contributed by atoms with Gasteiger partial charge in [-0.1, -0.05) is 31.9 Å². The summed E-state index contributed by atoms with van der Waals surface area (Å²) in [5.41, 5.74) is 1.77. The first-order chi connectivity index (χ1) is 13.0. The van der Waals surface area contributed by atoms with E-state index < -0.39 is 5.69 Å². The summed E-state index contributed by atoms with van der Waals surface area (Å²) < 4.78 is 0. The molecule has 1 fully saturated rings. The number of rotatable bonds is 5. The van der Waals surface area contributed by atoms with Crippen LogP contribution in [0, 0.1) is 0 Å². The molecule has 1 saturated heterocycles. The number of piperazine rings is 1. The summed E-state index contributed by atoms with van der Waals surface area (Å²) >= 11 is 0. The molecule has 1 unspecified atom stereocenters. The van der Waals surface area contributed by atoms with Crippen LogP contribution in [0.5, 0.6) is 0 Å². The summed E-state index contributed by atoms with van der Waals surface area (Å²) in [6.45, 7) is 3.17. The molecule has 27 heavy (non-hydrogen) atoms. The van der Waals surface area contributed by atoms with Gasteiger partial charge in [0, 0.05) is 43.7 Å². The fourth-order valence-corrected chi connectivity index (χ4v) is 3.30. The highest BCUT2D eigenvalue weighted by molar-refractivity contribution is 5.98. The van der Waals surface area contributed by atoms with Gasteiger partial charge in [-0.3, -0.25) is 9.59 Å². The van der Waals surface area contributed by atoms with Crippen molar-refractivity contribution < 1.29 is 9.59 Å². The van der Waals surface area contributed by atoms with Crippen LogP contribution in [0.15, 0.2) is 41.5 Å².